The minimum absolute atomic E-state index is 0.112. The number of hydrogen-bond acceptors (Lipinski definition) is 2. The van der Waals surface area contributed by atoms with E-state index in [4.69, 9.17) is 11.6 Å². The number of likely N-dealkylation sites (tertiary alicyclic amines) is 1. The average molecular weight is 410 g/mol. The summed E-state index contributed by atoms with van der Waals surface area (Å²) in [5.74, 6) is 0.296. The highest BCUT2D eigenvalue weighted by atomic mass is 35.5. The highest BCUT2D eigenvalue weighted by Gasteiger charge is 2.25. The maximum Gasteiger partial charge on any atom is 0.223 e. The maximum atomic E-state index is 12.5. The molecule has 1 amide bonds. The van der Waals surface area contributed by atoms with E-state index < -0.39 is 0 Å². The van der Waals surface area contributed by atoms with Crippen molar-refractivity contribution < 1.29 is 4.79 Å². The highest BCUT2D eigenvalue weighted by Crippen LogP contribution is 2.27. The molecule has 0 saturated carbocycles. The van der Waals surface area contributed by atoms with Crippen LogP contribution in [-0.4, -0.2) is 28.5 Å². The van der Waals surface area contributed by atoms with Crippen LogP contribution in [0.25, 0.3) is 10.9 Å². The predicted molar refractivity (Wildman–Crippen MR) is 119 cm³/mol. The molecular formula is C24H28ClN3O. The largest absolute Gasteiger partial charge is 0.352 e. The van der Waals surface area contributed by atoms with Gasteiger partial charge >= 0.3 is 0 Å². The number of aryl methyl sites for hydroxylation is 1. The third kappa shape index (κ3) is 4.65. The summed E-state index contributed by atoms with van der Waals surface area (Å²) in [6, 6.07) is 16.2. The normalized spacial score (nSPS) is 15.7. The average Bonchev–Trinajstić information content (AvgIpc) is 3.10. The zero-order chi connectivity index (χ0) is 20.2. The summed E-state index contributed by atoms with van der Waals surface area (Å²) in [5, 5.41) is 5.12. The van der Waals surface area contributed by atoms with E-state index in [1.165, 1.54) is 16.5 Å². The highest BCUT2D eigenvalue weighted by molar-refractivity contribution is 6.31. The Kier molecular flexibility index (Phi) is 6.22. The third-order valence-electron chi connectivity index (χ3n) is 5.93. The molecule has 0 bridgehead atoms. The molecule has 2 heterocycles. The molecule has 0 atom stereocenters. The lowest BCUT2D eigenvalue weighted by molar-refractivity contribution is -0.126. The standard InChI is InChI=1S/C24H28ClN3O/c1-2-28-17-20(22-14-21(25)8-9-23(22)28)16-27-12-10-19(11-13-27)24(29)26-15-18-6-4-3-5-7-18/h3-9,14,17,19H,2,10-13,15-16H2,1H3,(H,26,29). The summed E-state index contributed by atoms with van der Waals surface area (Å²) >= 11 is 6.25. The van der Waals surface area contributed by atoms with Crippen LogP contribution in [0, 0.1) is 5.92 Å². The number of halogens is 1. The Balaban J connectivity index is 1.34. The SMILES string of the molecule is CCn1cc(CN2CCC(C(=O)NCc3ccccc3)CC2)c2cc(Cl)ccc21. The Morgan fingerprint density at radius 2 is 1.90 bits per heavy atom. The molecule has 29 heavy (non-hydrogen) atoms. The van der Waals surface area contributed by atoms with E-state index in [2.05, 4.69) is 40.0 Å². The van der Waals surface area contributed by atoms with Gasteiger partial charge in [0.1, 0.15) is 0 Å². The van der Waals surface area contributed by atoms with Gasteiger partial charge in [0.25, 0.3) is 0 Å². The first-order valence-corrected chi connectivity index (χ1v) is 10.8. The van der Waals surface area contributed by atoms with Gasteiger partial charge in [-0.05, 0) is 62.2 Å². The quantitative estimate of drug-likeness (QED) is 0.632. The zero-order valence-electron chi connectivity index (χ0n) is 16.9. The van der Waals surface area contributed by atoms with Crippen molar-refractivity contribution in [3.05, 3.63) is 70.9 Å². The van der Waals surface area contributed by atoms with E-state index >= 15 is 0 Å². The summed E-state index contributed by atoms with van der Waals surface area (Å²) in [6.07, 6.45) is 4.07. The number of amides is 1. The predicted octanol–water partition coefficient (Wildman–Crippen LogP) is 4.84. The first-order valence-electron chi connectivity index (χ1n) is 10.5. The molecule has 1 N–H and O–H groups in total. The maximum absolute atomic E-state index is 12.5. The van der Waals surface area contributed by atoms with Crippen molar-refractivity contribution in [2.45, 2.75) is 39.4 Å². The minimum atomic E-state index is 0.112. The van der Waals surface area contributed by atoms with Gasteiger partial charge in [-0.1, -0.05) is 41.9 Å². The van der Waals surface area contributed by atoms with Crippen LogP contribution in [-0.2, 0) is 24.4 Å². The van der Waals surface area contributed by atoms with Crippen LogP contribution in [0.15, 0.2) is 54.7 Å². The van der Waals surface area contributed by atoms with Crippen molar-refractivity contribution in [2.75, 3.05) is 13.1 Å². The minimum Gasteiger partial charge on any atom is -0.352 e. The molecule has 0 aliphatic carbocycles. The van der Waals surface area contributed by atoms with E-state index in [9.17, 15) is 4.79 Å². The first-order chi connectivity index (χ1) is 14.1. The topological polar surface area (TPSA) is 37.3 Å². The number of nitrogens with one attached hydrogen (secondary N) is 1. The van der Waals surface area contributed by atoms with Crippen LogP contribution in [0.5, 0.6) is 0 Å². The van der Waals surface area contributed by atoms with Crippen molar-refractivity contribution in [1.82, 2.24) is 14.8 Å². The molecule has 0 spiro atoms. The Morgan fingerprint density at radius 3 is 2.62 bits per heavy atom. The first kappa shape index (κ1) is 20.0. The molecule has 1 fully saturated rings. The number of carbonyl (C=O) groups is 1. The van der Waals surface area contributed by atoms with Gasteiger partial charge in [0, 0.05) is 47.7 Å². The van der Waals surface area contributed by atoms with Crippen LogP contribution in [0.4, 0.5) is 0 Å². The number of piperidine rings is 1. The Bertz CT molecular complexity index is 974. The Hall–Kier alpha value is -2.30. The van der Waals surface area contributed by atoms with Crippen molar-refractivity contribution in [3.63, 3.8) is 0 Å². The summed E-state index contributed by atoms with van der Waals surface area (Å²) in [7, 11) is 0. The van der Waals surface area contributed by atoms with E-state index in [-0.39, 0.29) is 11.8 Å². The van der Waals surface area contributed by atoms with Gasteiger partial charge in [0.15, 0.2) is 0 Å². The number of hydrogen-bond donors (Lipinski definition) is 1. The van der Waals surface area contributed by atoms with Crippen molar-refractivity contribution >= 4 is 28.4 Å². The van der Waals surface area contributed by atoms with Gasteiger partial charge in [0.2, 0.25) is 5.91 Å². The fourth-order valence-corrected chi connectivity index (χ4v) is 4.43. The van der Waals surface area contributed by atoms with Crippen molar-refractivity contribution in [1.29, 1.82) is 0 Å². The number of carbonyl (C=O) groups excluding carboxylic acids is 1. The Labute approximate surface area is 177 Å². The van der Waals surface area contributed by atoms with Crippen LogP contribution in [0.1, 0.15) is 30.9 Å². The van der Waals surface area contributed by atoms with Gasteiger partial charge in [0.05, 0.1) is 0 Å². The van der Waals surface area contributed by atoms with E-state index in [0.29, 0.717) is 6.54 Å². The smallest absolute Gasteiger partial charge is 0.223 e. The monoisotopic (exact) mass is 409 g/mol. The molecule has 0 radical (unpaired) electrons. The lowest BCUT2D eigenvalue weighted by Gasteiger charge is -2.31. The fraction of sp³-hybridized carbons (Fsp3) is 0.375. The molecule has 1 saturated heterocycles. The number of rotatable bonds is 6. The van der Waals surface area contributed by atoms with Gasteiger partial charge in [-0.25, -0.2) is 0 Å². The molecule has 1 aliphatic heterocycles. The van der Waals surface area contributed by atoms with Gasteiger partial charge in [-0.15, -0.1) is 0 Å². The summed E-state index contributed by atoms with van der Waals surface area (Å²) in [4.78, 5) is 15.0. The molecule has 0 unspecified atom stereocenters. The van der Waals surface area contributed by atoms with Crippen molar-refractivity contribution in [2.24, 2.45) is 5.92 Å². The second-order valence-electron chi connectivity index (χ2n) is 7.86. The number of fused-ring (bicyclic) bond motifs is 1. The summed E-state index contributed by atoms with van der Waals surface area (Å²) in [6.45, 7) is 6.52. The van der Waals surface area contributed by atoms with E-state index in [0.717, 1.165) is 49.6 Å². The molecule has 1 aromatic heterocycles. The van der Waals surface area contributed by atoms with Crippen LogP contribution in [0.2, 0.25) is 5.02 Å². The Morgan fingerprint density at radius 1 is 1.14 bits per heavy atom. The number of nitrogens with zero attached hydrogens (tertiary/aromatic N) is 2. The van der Waals surface area contributed by atoms with Gasteiger partial charge in [-0.2, -0.15) is 0 Å². The van der Waals surface area contributed by atoms with Crippen molar-refractivity contribution in [3.8, 4) is 0 Å². The number of benzene rings is 2. The van der Waals surface area contributed by atoms with E-state index in [1.807, 2.05) is 36.4 Å². The molecule has 3 aromatic rings. The third-order valence-corrected chi connectivity index (χ3v) is 6.16. The molecular weight excluding hydrogens is 382 g/mol. The van der Waals surface area contributed by atoms with Crippen LogP contribution < -0.4 is 5.32 Å². The summed E-state index contributed by atoms with van der Waals surface area (Å²) < 4.78 is 2.28. The molecule has 4 nitrogen and oxygen atoms in total. The van der Waals surface area contributed by atoms with E-state index in [1.54, 1.807) is 0 Å². The molecule has 5 heteroatoms. The lowest BCUT2D eigenvalue weighted by Crippen LogP contribution is -2.40. The zero-order valence-corrected chi connectivity index (χ0v) is 17.7. The molecule has 4 rings (SSSR count). The number of aromatic nitrogens is 1. The molecule has 152 valence electrons. The molecule has 1 aliphatic rings. The fourth-order valence-electron chi connectivity index (χ4n) is 4.25. The lowest BCUT2D eigenvalue weighted by atomic mass is 9.95. The van der Waals surface area contributed by atoms with Crippen LogP contribution in [0.3, 0.4) is 0 Å². The van der Waals surface area contributed by atoms with Crippen LogP contribution >= 0.6 is 11.6 Å². The van der Waals surface area contributed by atoms with Gasteiger partial charge < -0.3 is 9.88 Å². The second-order valence-corrected chi connectivity index (χ2v) is 8.29. The van der Waals surface area contributed by atoms with Gasteiger partial charge in [-0.3, -0.25) is 9.69 Å². The molecule has 2 aromatic carbocycles. The second kappa shape index (κ2) is 9.02. The summed E-state index contributed by atoms with van der Waals surface area (Å²) in [5.41, 5.74) is 3.70.